The van der Waals surface area contributed by atoms with Gasteiger partial charge >= 0.3 is 5.97 Å². The summed E-state index contributed by atoms with van der Waals surface area (Å²) in [7, 11) is 0. The Balaban J connectivity index is 1.56. The van der Waals surface area contributed by atoms with E-state index in [2.05, 4.69) is 4.90 Å². The van der Waals surface area contributed by atoms with Gasteiger partial charge in [0.2, 0.25) is 0 Å². The molecule has 5 heteroatoms. The summed E-state index contributed by atoms with van der Waals surface area (Å²) in [5.41, 5.74) is 0.509. The van der Waals surface area contributed by atoms with Crippen LogP contribution in [0.4, 0.5) is 0 Å². The maximum atomic E-state index is 12.2. The number of benzene rings is 1. The molecule has 5 nitrogen and oxygen atoms in total. The lowest BCUT2D eigenvalue weighted by Gasteiger charge is -2.28. The molecule has 0 aromatic heterocycles. The van der Waals surface area contributed by atoms with Crippen molar-refractivity contribution >= 4 is 5.97 Å². The van der Waals surface area contributed by atoms with E-state index in [4.69, 9.17) is 14.2 Å². The maximum Gasteiger partial charge on any atom is 0.338 e. The second-order valence-corrected chi connectivity index (χ2v) is 5.94. The van der Waals surface area contributed by atoms with E-state index in [0.29, 0.717) is 30.3 Å². The average molecular weight is 305 g/mol. The van der Waals surface area contributed by atoms with Gasteiger partial charge in [0.15, 0.2) is 11.5 Å². The minimum absolute atomic E-state index is 0.112. The van der Waals surface area contributed by atoms with Crippen molar-refractivity contribution in [3.8, 4) is 11.5 Å². The first-order valence-electron chi connectivity index (χ1n) is 8.05. The zero-order chi connectivity index (χ0) is 15.4. The van der Waals surface area contributed by atoms with Crippen LogP contribution in [0.3, 0.4) is 0 Å². The fourth-order valence-electron chi connectivity index (χ4n) is 2.96. The van der Waals surface area contributed by atoms with E-state index in [1.54, 1.807) is 18.2 Å². The standard InChI is InChI=1S/C17H23NO4/c1-13(12-18-7-3-2-4-8-18)22-17(19)14-5-6-15-16(11-14)21-10-9-20-15/h5-6,11,13H,2-4,7-10,12H2,1H3/t13-/m1/s1. The van der Waals surface area contributed by atoms with E-state index in [0.717, 1.165) is 19.6 Å². The lowest BCUT2D eigenvalue weighted by atomic mass is 10.1. The molecule has 0 unspecified atom stereocenters. The first-order valence-corrected chi connectivity index (χ1v) is 8.05. The molecule has 2 aliphatic rings. The lowest BCUT2D eigenvalue weighted by Crippen LogP contribution is -2.37. The summed E-state index contributed by atoms with van der Waals surface area (Å²) in [4.78, 5) is 14.6. The molecular formula is C17H23NO4. The van der Waals surface area contributed by atoms with E-state index < -0.39 is 0 Å². The third-order valence-electron chi connectivity index (χ3n) is 4.05. The monoisotopic (exact) mass is 305 g/mol. The number of carbonyl (C=O) groups is 1. The molecule has 0 radical (unpaired) electrons. The topological polar surface area (TPSA) is 48.0 Å². The lowest BCUT2D eigenvalue weighted by molar-refractivity contribution is 0.0235. The van der Waals surface area contributed by atoms with Gasteiger partial charge in [-0.15, -0.1) is 0 Å². The minimum atomic E-state index is -0.304. The second-order valence-electron chi connectivity index (χ2n) is 5.94. The van der Waals surface area contributed by atoms with Crippen molar-refractivity contribution in [3.63, 3.8) is 0 Å². The van der Waals surface area contributed by atoms with Gasteiger partial charge in [0.05, 0.1) is 5.56 Å². The Kier molecular flexibility index (Phi) is 4.83. The van der Waals surface area contributed by atoms with Crippen LogP contribution < -0.4 is 9.47 Å². The number of likely N-dealkylation sites (tertiary alicyclic amines) is 1. The molecule has 1 atom stereocenters. The van der Waals surface area contributed by atoms with Crippen LogP contribution in [-0.2, 0) is 4.74 Å². The maximum absolute atomic E-state index is 12.2. The fourth-order valence-corrected chi connectivity index (χ4v) is 2.96. The van der Waals surface area contributed by atoms with Crippen LogP contribution in [-0.4, -0.2) is 49.8 Å². The fraction of sp³-hybridized carbons (Fsp3) is 0.588. The average Bonchev–Trinajstić information content (AvgIpc) is 2.55. The van der Waals surface area contributed by atoms with Crippen LogP contribution in [0.25, 0.3) is 0 Å². The van der Waals surface area contributed by atoms with Crippen molar-refractivity contribution in [3.05, 3.63) is 23.8 Å². The van der Waals surface area contributed by atoms with Gasteiger partial charge in [-0.05, 0) is 51.1 Å². The Morgan fingerprint density at radius 1 is 1.18 bits per heavy atom. The molecule has 3 rings (SSSR count). The van der Waals surface area contributed by atoms with Crippen molar-refractivity contribution in [1.82, 2.24) is 4.90 Å². The number of carbonyl (C=O) groups excluding carboxylic acids is 1. The van der Waals surface area contributed by atoms with Crippen LogP contribution in [0.15, 0.2) is 18.2 Å². The van der Waals surface area contributed by atoms with E-state index in [1.165, 1.54) is 19.3 Å². The second kappa shape index (κ2) is 7.01. The van der Waals surface area contributed by atoms with Gasteiger partial charge in [0.1, 0.15) is 19.3 Å². The number of fused-ring (bicyclic) bond motifs is 1. The zero-order valence-corrected chi connectivity index (χ0v) is 13.0. The van der Waals surface area contributed by atoms with E-state index >= 15 is 0 Å². The number of ether oxygens (including phenoxy) is 3. The van der Waals surface area contributed by atoms with E-state index in [-0.39, 0.29) is 12.1 Å². The van der Waals surface area contributed by atoms with Crippen molar-refractivity contribution in [2.75, 3.05) is 32.8 Å². The molecule has 22 heavy (non-hydrogen) atoms. The molecule has 1 aromatic rings. The Morgan fingerprint density at radius 3 is 2.68 bits per heavy atom. The highest BCUT2D eigenvalue weighted by Crippen LogP contribution is 2.31. The summed E-state index contributed by atoms with van der Waals surface area (Å²) in [6, 6.07) is 5.19. The minimum Gasteiger partial charge on any atom is -0.486 e. The van der Waals surface area contributed by atoms with Crippen molar-refractivity contribution < 1.29 is 19.0 Å². The van der Waals surface area contributed by atoms with Gasteiger partial charge in [-0.25, -0.2) is 4.79 Å². The van der Waals surface area contributed by atoms with Gasteiger partial charge < -0.3 is 14.2 Å². The summed E-state index contributed by atoms with van der Waals surface area (Å²) in [5, 5.41) is 0. The molecule has 1 fully saturated rings. The van der Waals surface area contributed by atoms with Gasteiger partial charge in [0.25, 0.3) is 0 Å². The Bertz CT molecular complexity index is 525. The summed E-state index contributed by atoms with van der Waals surface area (Å²) in [5.74, 6) is 0.995. The van der Waals surface area contributed by atoms with Gasteiger partial charge in [-0.2, -0.15) is 0 Å². The Labute approximate surface area is 131 Å². The van der Waals surface area contributed by atoms with Crippen molar-refractivity contribution in [2.45, 2.75) is 32.3 Å². The number of rotatable bonds is 4. The SMILES string of the molecule is C[C@H](CN1CCCCC1)OC(=O)c1ccc2c(c1)OCCO2. The van der Waals surface area contributed by atoms with Crippen LogP contribution >= 0.6 is 0 Å². The van der Waals surface area contributed by atoms with Crippen molar-refractivity contribution in [1.29, 1.82) is 0 Å². The Morgan fingerprint density at radius 2 is 1.91 bits per heavy atom. The predicted molar refractivity (Wildman–Crippen MR) is 82.6 cm³/mol. The largest absolute Gasteiger partial charge is 0.486 e. The predicted octanol–water partition coefficient (Wildman–Crippen LogP) is 2.49. The third kappa shape index (κ3) is 3.71. The summed E-state index contributed by atoms with van der Waals surface area (Å²) < 4.78 is 16.5. The molecule has 1 saturated heterocycles. The molecule has 0 amide bonds. The van der Waals surface area contributed by atoms with Gasteiger partial charge in [-0.1, -0.05) is 6.42 Å². The highest BCUT2D eigenvalue weighted by molar-refractivity contribution is 5.90. The molecular weight excluding hydrogens is 282 g/mol. The molecule has 2 aliphatic heterocycles. The van der Waals surface area contributed by atoms with E-state index in [1.807, 2.05) is 6.92 Å². The quantitative estimate of drug-likeness (QED) is 0.800. The summed E-state index contributed by atoms with van der Waals surface area (Å²) in [6.45, 7) is 6.01. The number of hydrogen-bond donors (Lipinski definition) is 0. The molecule has 2 heterocycles. The van der Waals surface area contributed by atoms with Crippen LogP contribution in [0.2, 0.25) is 0 Å². The normalized spacial score (nSPS) is 19.5. The highest BCUT2D eigenvalue weighted by atomic mass is 16.6. The molecule has 0 bridgehead atoms. The summed E-state index contributed by atoms with van der Waals surface area (Å²) >= 11 is 0. The molecule has 1 aromatic carbocycles. The van der Waals surface area contributed by atoms with Crippen LogP contribution in [0.5, 0.6) is 11.5 Å². The number of esters is 1. The molecule has 0 N–H and O–H groups in total. The molecule has 0 saturated carbocycles. The first-order chi connectivity index (χ1) is 10.7. The highest BCUT2D eigenvalue weighted by Gasteiger charge is 2.19. The smallest absolute Gasteiger partial charge is 0.338 e. The Hall–Kier alpha value is -1.75. The third-order valence-corrected chi connectivity index (χ3v) is 4.05. The first kappa shape index (κ1) is 15.2. The molecule has 120 valence electrons. The van der Waals surface area contributed by atoms with Gasteiger partial charge in [-0.3, -0.25) is 4.90 Å². The number of piperidine rings is 1. The van der Waals surface area contributed by atoms with Crippen LogP contribution in [0.1, 0.15) is 36.5 Å². The number of nitrogens with zero attached hydrogens (tertiary/aromatic N) is 1. The zero-order valence-electron chi connectivity index (χ0n) is 13.0. The number of hydrogen-bond acceptors (Lipinski definition) is 5. The van der Waals surface area contributed by atoms with Crippen molar-refractivity contribution in [2.24, 2.45) is 0 Å². The van der Waals surface area contributed by atoms with Gasteiger partial charge in [0, 0.05) is 6.54 Å². The summed E-state index contributed by atoms with van der Waals surface area (Å²) in [6.07, 6.45) is 3.67. The molecule has 0 aliphatic carbocycles. The van der Waals surface area contributed by atoms with E-state index in [9.17, 15) is 4.79 Å². The molecule has 0 spiro atoms. The van der Waals surface area contributed by atoms with Crippen LogP contribution in [0, 0.1) is 0 Å².